The topological polar surface area (TPSA) is 82.5 Å². The van der Waals surface area contributed by atoms with Gasteiger partial charge >= 0.3 is 11.9 Å². The molecule has 0 aliphatic heterocycles. The fraction of sp³-hybridized carbons (Fsp3) is 0.593. The number of carbonyl (C=O) groups excluding carboxylic acids is 2. The number of nitrogens with zero attached hydrogens (tertiary/aromatic N) is 2. The summed E-state index contributed by atoms with van der Waals surface area (Å²) in [6.07, 6.45) is 3.13. The maximum absolute atomic E-state index is 12.9. The van der Waals surface area contributed by atoms with Gasteiger partial charge in [0.15, 0.2) is 10.4 Å². The van der Waals surface area contributed by atoms with Crippen LogP contribution < -0.4 is 5.32 Å². The molecule has 1 aliphatic carbocycles. The normalized spacial score (nSPS) is 19.2. The lowest BCUT2D eigenvalue weighted by Gasteiger charge is -2.33. The van der Waals surface area contributed by atoms with Gasteiger partial charge in [-0.05, 0) is 101 Å². The summed E-state index contributed by atoms with van der Waals surface area (Å²) < 4.78 is 13.6. The number of ether oxygens (including phenoxy) is 2. The lowest BCUT2D eigenvalue weighted by molar-refractivity contribution is -0.161. The number of aromatic nitrogens is 2. The SMILES string of the molecule is CCOC(=O)c1nc(Br)n(C(C)C)c1C(NC1CCC(C(=O)OC(C)(C)C)CC1)c1ccc(Cl)cc1. The van der Waals surface area contributed by atoms with Crippen molar-refractivity contribution in [1.82, 2.24) is 14.9 Å². The highest BCUT2D eigenvalue weighted by molar-refractivity contribution is 9.10. The van der Waals surface area contributed by atoms with Gasteiger partial charge in [-0.25, -0.2) is 9.78 Å². The number of imidazole rings is 1. The summed E-state index contributed by atoms with van der Waals surface area (Å²) >= 11 is 9.75. The molecule has 1 unspecified atom stereocenters. The molecule has 7 nitrogen and oxygen atoms in total. The van der Waals surface area contributed by atoms with Crippen molar-refractivity contribution >= 4 is 39.5 Å². The Balaban J connectivity index is 1.93. The molecule has 0 bridgehead atoms. The summed E-state index contributed by atoms with van der Waals surface area (Å²) in [5, 5.41) is 4.42. The molecule has 2 aromatic rings. The first-order valence-electron chi connectivity index (χ1n) is 12.6. The summed E-state index contributed by atoms with van der Waals surface area (Å²) in [5.41, 5.74) is 1.51. The summed E-state index contributed by atoms with van der Waals surface area (Å²) in [6.45, 7) is 11.8. The molecule has 3 rings (SSSR count). The zero-order valence-electron chi connectivity index (χ0n) is 21.9. The van der Waals surface area contributed by atoms with Crippen molar-refractivity contribution in [3.05, 3.63) is 51.0 Å². The molecule has 0 amide bonds. The van der Waals surface area contributed by atoms with E-state index in [1.54, 1.807) is 6.92 Å². The minimum atomic E-state index is -0.488. The molecule has 1 aromatic carbocycles. The smallest absolute Gasteiger partial charge is 0.358 e. The van der Waals surface area contributed by atoms with E-state index >= 15 is 0 Å². The highest BCUT2D eigenvalue weighted by Gasteiger charge is 2.35. The highest BCUT2D eigenvalue weighted by atomic mass is 79.9. The molecule has 198 valence electrons. The Morgan fingerprint density at radius 2 is 1.78 bits per heavy atom. The van der Waals surface area contributed by atoms with E-state index in [0.29, 0.717) is 9.76 Å². The van der Waals surface area contributed by atoms with Gasteiger partial charge in [-0.1, -0.05) is 23.7 Å². The molecule has 1 atom stereocenters. The molecule has 1 N–H and O–H groups in total. The van der Waals surface area contributed by atoms with Crippen molar-refractivity contribution in [1.29, 1.82) is 0 Å². The van der Waals surface area contributed by atoms with Gasteiger partial charge in [-0.15, -0.1) is 0 Å². The molecule has 1 heterocycles. The Kier molecular flexibility index (Phi) is 9.63. The number of nitrogens with one attached hydrogen (secondary N) is 1. The van der Waals surface area contributed by atoms with Crippen molar-refractivity contribution in [2.24, 2.45) is 5.92 Å². The van der Waals surface area contributed by atoms with Crippen molar-refractivity contribution < 1.29 is 19.1 Å². The van der Waals surface area contributed by atoms with Crippen LogP contribution in [0.3, 0.4) is 0 Å². The molecule has 0 spiro atoms. The van der Waals surface area contributed by atoms with E-state index in [1.807, 2.05) is 49.6 Å². The zero-order valence-corrected chi connectivity index (χ0v) is 24.3. The number of hydrogen-bond acceptors (Lipinski definition) is 6. The van der Waals surface area contributed by atoms with E-state index in [0.717, 1.165) is 36.9 Å². The molecule has 0 radical (unpaired) electrons. The quantitative estimate of drug-likeness (QED) is 0.352. The first kappa shape index (κ1) is 28.7. The second-order valence-electron chi connectivity index (χ2n) is 10.5. The molecule has 1 fully saturated rings. The van der Waals surface area contributed by atoms with Crippen LogP contribution in [0.5, 0.6) is 0 Å². The van der Waals surface area contributed by atoms with Crippen LogP contribution in [0, 0.1) is 5.92 Å². The summed E-state index contributed by atoms with van der Waals surface area (Å²) in [7, 11) is 0. The first-order valence-corrected chi connectivity index (χ1v) is 13.8. The predicted molar refractivity (Wildman–Crippen MR) is 144 cm³/mol. The zero-order chi connectivity index (χ0) is 26.6. The third kappa shape index (κ3) is 7.11. The molecule has 0 saturated heterocycles. The van der Waals surface area contributed by atoms with Crippen LogP contribution in [-0.2, 0) is 14.3 Å². The highest BCUT2D eigenvalue weighted by Crippen LogP contribution is 2.35. The minimum Gasteiger partial charge on any atom is -0.461 e. The third-order valence-electron chi connectivity index (χ3n) is 6.24. The minimum absolute atomic E-state index is 0.0459. The van der Waals surface area contributed by atoms with Crippen LogP contribution in [0.2, 0.25) is 5.02 Å². The molecule has 1 aliphatic rings. The Morgan fingerprint density at radius 3 is 2.31 bits per heavy atom. The summed E-state index contributed by atoms with van der Waals surface area (Å²) in [6, 6.07) is 7.49. The Labute approximate surface area is 227 Å². The maximum atomic E-state index is 12.9. The lowest BCUT2D eigenvalue weighted by atomic mass is 9.85. The second kappa shape index (κ2) is 12.1. The average molecular weight is 583 g/mol. The molecule has 1 saturated carbocycles. The standard InChI is InChI=1S/C27H37BrClN3O4/c1-7-35-25(34)22-23(32(16(2)3)26(28)31-22)21(17-8-12-19(29)13-9-17)30-20-14-10-18(11-15-20)24(33)36-27(4,5)6/h8-9,12-13,16,18,20-21,30H,7,10-11,14-15H2,1-6H3. The predicted octanol–water partition coefficient (Wildman–Crippen LogP) is 6.64. The van der Waals surface area contributed by atoms with Gasteiger partial charge in [0.1, 0.15) is 5.60 Å². The van der Waals surface area contributed by atoms with Crippen molar-refractivity contribution in [3.63, 3.8) is 0 Å². The number of hydrogen-bond donors (Lipinski definition) is 1. The van der Waals surface area contributed by atoms with Gasteiger partial charge in [0, 0.05) is 17.1 Å². The van der Waals surface area contributed by atoms with E-state index in [2.05, 4.69) is 40.1 Å². The molecule has 9 heteroatoms. The van der Waals surface area contributed by atoms with E-state index in [9.17, 15) is 9.59 Å². The van der Waals surface area contributed by atoms with Gasteiger partial charge in [0.2, 0.25) is 0 Å². The first-order chi connectivity index (χ1) is 16.9. The van der Waals surface area contributed by atoms with Crippen molar-refractivity contribution in [3.8, 4) is 0 Å². The average Bonchev–Trinajstić information content (AvgIpc) is 3.15. The number of esters is 2. The Bertz CT molecular complexity index is 1050. The van der Waals surface area contributed by atoms with Crippen LogP contribution in [0.4, 0.5) is 0 Å². The van der Waals surface area contributed by atoms with Gasteiger partial charge in [0.25, 0.3) is 0 Å². The third-order valence-corrected chi connectivity index (χ3v) is 7.05. The van der Waals surface area contributed by atoms with Crippen LogP contribution in [0.25, 0.3) is 0 Å². The van der Waals surface area contributed by atoms with E-state index in [1.165, 1.54) is 0 Å². The van der Waals surface area contributed by atoms with Gasteiger partial charge < -0.3 is 19.4 Å². The fourth-order valence-corrected chi connectivity index (χ4v) is 5.54. The fourth-order valence-electron chi connectivity index (χ4n) is 4.64. The second-order valence-corrected chi connectivity index (χ2v) is 11.7. The van der Waals surface area contributed by atoms with Gasteiger partial charge in [0.05, 0.1) is 24.3 Å². The van der Waals surface area contributed by atoms with Gasteiger partial charge in [-0.2, -0.15) is 0 Å². The summed E-state index contributed by atoms with van der Waals surface area (Å²) in [5.74, 6) is -0.676. The van der Waals surface area contributed by atoms with Crippen molar-refractivity contribution in [2.75, 3.05) is 6.61 Å². The van der Waals surface area contributed by atoms with Crippen LogP contribution in [0.1, 0.15) is 101 Å². The largest absolute Gasteiger partial charge is 0.461 e. The maximum Gasteiger partial charge on any atom is 0.358 e. The molecular weight excluding hydrogens is 546 g/mol. The summed E-state index contributed by atoms with van der Waals surface area (Å²) in [4.78, 5) is 30.1. The van der Waals surface area contributed by atoms with E-state index in [-0.39, 0.29) is 42.3 Å². The monoisotopic (exact) mass is 581 g/mol. The van der Waals surface area contributed by atoms with Crippen LogP contribution >= 0.6 is 27.5 Å². The number of halogens is 2. The molecular formula is C27H37BrClN3O4. The Hall–Kier alpha value is -1.90. The van der Waals surface area contributed by atoms with Crippen molar-refractivity contribution in [2.45, 2.75) is 91.0 Å². The van der Waals surface area contributed by atoms with Crippen LogP contribution in [-0.4, -0.2) is 39.7 Å². The lowest BCUT2D eigenvalue weighted by Crippen LogP contribution is -2.40. The molecule has 1 aromatic heterocycles. The van der Waals surface area contributed by atoms with Gasteiger partial charge in [-0.3, -0.25) is 4.79 Å². The number of carbonyl (C=O) groups is 2. The molecule has 36 heavy (non-hydrogen) atoms. The number of rotatable bonds is 8. The van der Waals surface area contributed by atoms with Crippen LogP contribution in [0.15, 0.2) is 29.0 Å². The Morgan fingerprint density at radius 1 is 1.17 bits per heavy atom. The van der Waals surface area contributed by atoms with E-state index in [4.69, 9.17) is 21.1 Å². The number of benzene rings is 1. The van der Waals surface area contributed by atoms with E-state index < -0.39 is 11.6 Å².